The molecule has 0 aliphatic heterocycles. The third-order valence-electron chi connectivity index (χ3n) is 4.45. The summed E-state index contributed by atoms with van der Waals surface area (Å²) in [6, 6.07) is -5.17. The number of aliphatic hydroxyl groups excluding tert-OH is 1. The smallest absolute Gasteiger partial charge is 0.343 e. The molecule has 35 heavy (non-hydrogen) atoms. The first-order chi connectivity index (χ1) is 16.2. The molecule has 0 aliphatic carbocycles. The molecule has 5 atom stereocenters. The van der Waals surface area contributed by atoms with Gasteiger partial charge in [-0.25, -0.2) is 4.79 Å². The molecule has 0 aliphatic rings. The Labute approximate surface area is 200 Å². The van der Waals surface area contributed by atoms with Gasteiger partial charge >= 0.3 is 11.9 Å². The van der Waals surface area contributed by atoms with Gasteiger partial charge in [0.25, 0.3) is 0 Å². The Morgan fingerprint density at radius 1 is 0.829 bits per heavy atom. The fourth-order valence-electron chi connectivity index (χ4n) is 2.56. The first-order valence-electron chi connectivity index (χ1n) is 10.4. The van der Waals surface area contributed by atoms with Crippen LogP contribution in [-0.2, 0) is 38.4 Å². The summed E-state index contributed by atoms with van der Waals surface area (Å²) < 4.78 is 0. The van der Waals surface area contributed by atoms with Crippen LogP contribution in [0.4, 0.5) is 0 Å². The van der Waals surface area contributed by atoms with Crippen molar-refractivity contribution in [3.63, 3.8) is 0 Å². The van der Waals surface area contributed by atoms with E-state index in [1.165, 1.54) is 20.8 Å². The average Bonchev–Trinajstić information content (AvgIpc) is 2.77. The second kappa shape index (κ2) is 15.2. The van der Waals surface area contributed by atoms with E-state index >= 15 is 0 Å². The summed E-state index contributed by atoms with van der Waals surface area (Å²) >= 11 is 0. The molecule has 16 heteroatoms. The molecular formula is C19H32N6O10. The molecule has 0 rings (SSSR count). The molecule has 0 fully saturated rings. The normalized spacial score (nSPS) is 14.7. The Hall–Kier alpha value is -3.79. The van der Waals surface area contributed by atoms with Crippen LogP contribution in [0.5, 0.6) is 0 Å². The number of carboxylic acid groups (broad SMARTS) is 1. The predicted molar refractivity (Wildman–Crippen MR) is 117 cm³/mol. The maximum Gasteiger partial charge on any atom is 0.343 e. The minimum atomic E-state index is -1.42. The van der Waals surface area contributed by atoms with Crippen LogP contribution in [0.15, 0.2) is 0 Å². The summed E-state index contributed by atoms with van der Waals surface area (Å²) in [5.41, 5.74) is 0. The molecule has 0 heterocycles. The largest absolute Gasteiger partial charge is 0.481 e. The number of carbonyl (C=O) groups excluding carboxylic acids is 6. The van der Waals surface area contributed by atoms with E-state index in [4.69, 9.17) is 5.11 Å². The van der Waals surface area contributed by atoms with Gasteiger partial charge in [0.2, 0.25) is 29.5 Å². The highest BCUT2D eigenvalue weighted by Gasteiger charge is 2.31. The van der Waals surface area contributed by atoms with Gasteiger partial charge in [-0.05, 0) is 27.2 Å². The van der Waals surface area contributed by atoms with Crippen molar-refractivity contribution < 1.29 is 48.6 Å². The van der Waals surface area contributed by atoms with Crippen molar-refractivity contribution in [1.82, 2.24) is 26.6 Å². The van der Waals surface area contributed by atoms with Crippen LogP contribution in [0.1, 0.15) is 40.5 Å². The second-order valence-corrected chi connectivity index (χ2v) is 7.58. The van der Waals surface area contributed by atoms with Crippen molar-refractivity contribution in [3.05, 3.63) is 0 Å². The summed E-state index contributed by atoms with van der Waals surface area (Å²) in [5, 5.41) is 29.9. The van der Waals surface area contributed by atoms with Crippen LogP contribution in [-0.4, -0.2) is 88.5 Å². The van der Waals surface area contributed by atoms with Crippen LogP contribution >= 0.6 is 0 Å². The van der Waals surface area contributed by atoms with E-state index in [1.54, 1.807) is 0 Å². The van der Waals surface area contributed by atoms with Crippen molar-refractivity contribution >= 4 is 41.5 Å². The molecule has 9 N–H and O–H groups in total. The highest BCUT2D eigenvalue weighted by atomic mass is 16.7. The first-order valence-corrected chi connectivity index (χ1v) is 10.4. The molecule has 0 aromatic rings. The fourth-order valence-corrected chi connectivity index (χ4v) is 2.56. The third-order valence-corrected chi connectivity index (χ3v) is 4.45. The second-order valence-electron chi connectivity index (χ2n) is 7.58. The number of hydrogen-bond donors (Lipinski definition) is 8. The van der Waals surface area contributed by atoms with Crippen molar-refractivity contribution in [2.24, 2.45) is 5.90 Å². The maximum atomic E-state index is 12.7. The molecule has 16 nitrogen and oxygen atoms in total. The lowest BCUT2D eigenvalue weighted by Crippen LogP contribution is -2.59. The maximum absolute atomic E-state index is 12.7. The summed E-state index contributed by atoms with van der Waals surface area (Å²) in [7, 11) is 0. The van der Waals surface area contributed by atoms with E-state index in [1.807, 2.05) is 0 Å². The van der Waals surface area contributed by atoms with Crippen LogP contribution in [0.25, 0.3) is 0 Å². The van der Waals surface area contributed by atoms with Crippen molar-refractivity contribution in [3.8, 4) is 0 Å². The highest BCUT2D eigenvalue weighted by molar-refractivity contribution is 5.95. The Morgan fingerprint density at radius 2 is 1.37 bits per heavy atom. The molecule has 0 aromatic carbocycles. The number of nitrogens with two attached hydrogens (primary N) is 1. The quantitative estimate of drug-likeness (QED) is 0.105. The summed E-state index contributed by atoms with van der Waals surface area (Å²) in [6.07, 6.45) is -2.20. The van der Waals surface area contributed by atoms with Gasteiger partial charge in [0, 0.05) is 13.3 Å². The van der Waals surface area contributed by atoms with Gasteiger partial charge < -0.3 is 41.6 Å². The van der Waals surface area contributed by atoms with E-state index in [2.05, 4.69) is 37.3 Å². The van der Waals surface area contributed by atoms with E-state index in [-0.39, 0.29) is 6.42 Å². The van der Waals surface area contributed by atoms with Crippen molar-refractivity contribution in [1.29, 1.82) is 0 Å². The lowest BCUT2D eigenvalue weighted by atomic mass is 10.1. The topological polar surface area (TPSA) is 255 Å². The van der Waals surface area contributed by atoms with Gasteiger partial charge in [-0.2, -0.15) is 5.90 Å². The number of carbonyl (C=O) groups is 7. The Bertz CT molecular complexity index is 818. The molecule has 0 unspecified atom stereocenters. The van der Waals surface area contributed by atoms with Crippen LogP contribution in [0.2, 0.25) is 0 Å². The Balaban J connectivity index is 5.19. The van der Waals surface area contributed by atoms with Gasteiger partial charge in [-0.15, -0.1) is 0 Å². The van der Waals surface area contributed by atoms with Crippen LogP contribution in [0.3, 0.4) is 0 Å². The van der Waals surface area contributed by atoms with Gasteiger partial charge in [-0.1, -0.05) is 0 Å². The molecule has 0 saturated heterocycles. The predicted octanol–water partition coefficient (Wildman–Crippen LogP) is -4.24. The first kappa shape index (κ1) is 31.2. The van der Waals surface area contributed by atoms with Gasteiger partial charge in [0.15, 0.2) is 0 Å². The molecule has 0 spiro atoms. The summed E-state index contributed by atoms with van der Waals surface area (Å²) in [6.45, 7) is 4.40. The molecule has 0 radical (unpaired) electrons. The number of rotatable bonds is 14. The minimum Gasteiger partial charge on any atom is -0.481 e. The minimum absolute atomic E-state index is 0.357. The van der Waals surface area contributed by atoms with E-state index in [0.717, 1.165) is 6.92 Å². The molecule has 5 amide bonds. The van der Waals surface area contributed by atoms with Crippen molar-refractivity contribution in [2.45, 2.75) is 70.8 Å². The zero-order chi connectivity index (χ0) is 27.3. The van der Waals surface area contributed by atoms with Gasteiger partial charge in [0.05, 0.1) is 6.10 Å². The van der Waals surface area contributed by atoms with E-state index in [0.29, 0.717) is 0 Å². The number of amides is 5. The Morgan fingerprint density at radius 3 is 1.86 bits per heavy atom. The van der Waals surface area contributed by atoms with Crippen LogP contribution < -0.4 is 32.5 Å². The SMILES string of the molecule is CC(=O)N[C@H](C(=O)N[C@@H](CCC(=O)O)C(=O)N[C@@H](C)C(=O)N[C@@H](C)C(=O)NCC(=O)ON)[C@@H](C)O. The van der Waals surface area contributed by atoms with Gasteiger partial charge in [0.1, 0.15) is 30.7 Å². The summed E-state index contributed by atoms with van der Waals surface area (Å²) in [5.74, 6) is -1.55. The lowest BCUT2D eigenvalue weighted by molar-refractivity contribution is -0.144. The van der Waals surface area contributed by atoms with E-state index < -0.39 is 84.7 Å². The zero-order valence-electron chi connectivity index (χ0n) is 19.7. The Kier molecular flexibility index (Phi) is 13.5. The summed E-state index contributed by atoms with van der Waals surface area (Å²) in [4.78, 5) is 86.5. The monoisotopic (exact) mass is 504 g/mol. The number of nitrogens with one attached hydrogen (secondary N) is 5. The fraction of sp³-hybridized carbons (Fsp3) is 0.632. The highest BCUT2D eigenvalue weighted by Crippen LogP contribution is 2.02. The number of carboxylic acids is 1. The standard InChI is InChI=1S/C19H32N6O10/c1-8(16(31)21-7-14(30)35-20)22-17(32)9(2)23-18(33)12(5-6-13(28)29)25-19(34)15(10(3)26)24-11(4)27/h8-10,12,15,26H,5-7,20H2,1-4H3,(H,21,31)(H,22,32)(H,23,33)(H,24,27)(H,25,34)(H,28,29)/t8-,9-,10+,12-,15-/m0/s1. The molecule has 0 aromatic heterocycles. The zero-order valence-corrected chi connectivity index (χ0v) is 19.7. The number of aliphatic hydroxyl groups is 1. The van der Waals surface area contributed by atoms with Crippen LogP contribution in [0, 0.1) is 0 Å². The molecule has 198 valence electrons. The van der Waals surface area contributed by atoms with Crippen molar-refractivity contribution in [2.75, 3.05) is 6.54 Å². The van der Waals surface area contributed by atoms with Gasteiger partial charge in [-0.3, -0.25) is 28.8 Å². The molecule has 0 bridgehead atoms. The van der Waals surface area contributed by atoms with E-state index in [9.17, 15) is 38.7 Å². The number of aliphatic carboxylic acids is 1. The molecular weight excluding hydrogens is 472 g/mol. The molecule has 0 saturated carbocycles. The lowest BCUT2D eigenvalue weighted by Gasteiger charge is -2.25. The number of hydrogen-bond acceptors (Lipinski definition) is 10. The third kappa shape index (κ3) is 12.3. The average molecular weight is 504 g/mol.